The molecule has 3 heterocycles. The Kier molecular flexibility index (Phi) is 7.56. The van der Waals surface area contributed by atoms with E-state index in [-0.39, 0.29) is 18.0 Å². The van der Waals surface area contributed by atoms with Gasteiger partial charge >= 0.3 is 0 Å². The molecule has 1 amide bonds. The molecule has 1 saturated heterocycles. The Hall–Kier alpha value is -3.97. The van der Waals surface area contributed by atoms with Gasteiger partial charge in [-0.05, 0) is 80.0 Å². The number of hydrogen-bond donors (Lipinski definition) is 2. The van der Waals surface area contributed by atoms with E-state index >= 15 is 0 Å². The lowest BCUT2D eigenvalue weighted by Gasteiger charge is -2.28. The monoisotopic (exact) mass is 523 g/mol. The van der Waals surface area contributed by atoms with Gasteiger partial charge in [-0.1, -0.05) is 48.5 Å². The second-order valence-electron chi connectivity index (χ2n) is 9.89. The summed E-state index contributed by atoms with van der Waals surface area (Å²) in [5.41, 5.74) is 7.68. The number of amides is 1. The first-order chi connectivity index (χ1) is 18.4. The van der Waals surface area contributed by atoms with E-state index in [2.05, 4.69) is 69.3 Å². The van der Waals surface area contributed by atoms with E-state index in [9.17, 15) is 4.79 Å². The molecule has 0 bridgehead atoms. The van der Waals surface area contributed by atoms with Gasteiger partial charge in [0.25, 0.3) is 0 Å². The van der Waals surface area contributed by atoms with Crippen molar-refractivity contribution in [2.24, 2.45) is 0 Å². The summed E-state index contributed by atoms with van der Waals surface area (Å²) in [6, 6.07) is 26.4. The molecule has 2 aromatic carbocycles. The largest absolute Gasteiger partial charge is 0.352 e. The fourth-order valence-corrected chi connectivity index (χ4v) is 5.62. The lowest BCUT2D eigenvalue weighted by molar-refractivity contribution is -0.116. The first-order valence-electron chi connectivity index (χ1n) is 13.0. The number of aromatic nitrogens is 2. The molecule has 0 radical (unpaired) electrons. The molecule has 1 fully saturated rings. The van der Waals surface area contributed by atoms with Gasteiger partial charge in [0.1, 0.15) is 0 Å². The highest BCUT2D eigenvalue weighted by atomic mass is 32.1. The summed E-state index contributed by atoms with van der Waals surface area (Å²) in [5, 5.41) is 7.18. The highest BCUT2D eigenvalue weighted by Crippen LogP contribution is 2.41. The molecule has 5 rings (SSSR count). The van der Waals surface area contributed by atoms with Crippen molar-refractivity contribution in [2.75, 3.05) is 11.9 Å². The highest BCUT2D eigenvalue weighted by molar-refractivity contribution is 7.80. The second-order valence-corrected chi connectivity index (χ2v) is 10.3. The average Bonchev–Trinajstić information content (AvgIpc) is 3.39. The smallest absolute Gasteiger partial charge is 0.226 e. The molecule has 2 N–H and O–H groups in total. The Bertz CT molecular complexity index is 1430. The van der Waals surface area contributed by atoms with Crippen LogP contribution in [0.1, 0.15) is 52.3 Å². The zero-order valence-electron chi connectivity index (χ0n) is 22.0. The standard InChI is InChI=1S/C31H33N5OS/c1-21-10-9-13-25(18-21)33-28(37)15-17-35-30(29(34-31(35)38)27-14-7-8-16-32-27)26-19-22(2)36(23(26)3)20-24-11-5-4-6-12-24/h4-14,16,18-19,29-30H,15,17,20H2,1-3H3,(H,33,37)(H,34,38)/t29-,30+/m1/s1. The van der Waals surface area contributed by atoms with Crippen molar-refractivity contribution in [3.8, 4) is 0 Å². The Morgan fingerprint density at radius 3 is 2.53 bits per heavy atom. The van der Waals surface area contributed by atoms with Crippen molar-refractivity contribution in [3.63, 3.8) is 0 Å². The fourth-order valence-electron chi connectivity index (χ4n) is 5.29. The van der Waals surface area contributed by atoms with Gasteiger partial charge in [-0.2, -0.15) is 0 Å². The first kappa shape index (κ1) is 25.7. The van der Waals surface area contributed by atoms with Crippen LogP contribution in [0.2, 0.25) is 0 Å². The number of nitrogens with one attached hydrogen (secondary N) is 2. The lowest BCUT2D eigenvalue weighted by atomic mass is 9.96. The Labute approximate surface area is 229 Å². The molecule has 7 heteroatoms. The molecule has 0 spiro atoms. The average molecular weight is 524 g/mol. The number of hydrogen-bond acceptors (Lipinski definition) is 3. The zero-order chi connectivity index (χ0) is 26.6. The van der Waals surface area contributed by atoms with E-state index in [0.29, 0.717) is 18.1 Å². The number of rotatable bonds is 8. The molecule has 1 aliphatic rings. The van der Waals surface area contributed by atoms with E-state index in [1.807, 2.05) is 61.7 Å². The molecule has 1 aliphatic heterocycles. The lowest BCUT2D eigenvalue weighted by Crippen LogP contribution is -2.33. The van der Waals surface area contributed by atoms with Crippen LogP contribution in [0.5, 0.6) is 0 Å². The minimum atomic E-state index is -0.116. The molecular formula is C31H33N5OS. The van der Waals surface area contributed by atoms with Crippen molar-refractivity contribution in [2.45, 2.75) is 45.8 Å². The van der Waals surface area contributed by atoms with Gasteiger partial charge in [0.05, 0.1) is 17.8 Å². The third-order valence-electron chi connectivity index (χ3n) is 7.19. The molecule has 0 saturated carbocycles. The molecule has 2 atom stereocenters. The number of carbonyl (C=O) groups excluding carboxylic acids is 1. The molecule has 0 aliphatic carbocycles. The first-order valence-corrected chi connectivity index (χ1v) is 13.4. The molecular weight excluding hydrogens is 490 g/mol. The third kappa shape index (κ3) is 5.48. The minimum Gasteiger partial charge on any atom is -0.352 e. The SMILES string of the molecule is Cc1cccc(NC(=O)CCN2C(=S)N[C@H](c3ccccn3)[C@@H]2c2cc(C)n(Cc3ccccc3)c2C)c1. The van der Waals surface area contributed by atoms with E-state index in [1.54, 1.807) is 0 Å². The normalized spacial score (nSPS) is 16.9. The quantitative estimate of drug-likeness (QED) is 0.283. The van der Waals surface area contributed by atoms with Crippen LogP contribution in [0.25, 0.3) is 0 Å². The maximum atomic E-state index is 12.9. The van der Waals surface area contributed by atoms with Crippen molar-refractivity contribution in [1.82, 2.24) is 19.8 Å². The van der Waals surface area contributed by atoms with E-state index in [0.717, 1.165) is 23.5 Å². The van der Waals surface area contributed by atoms with Crippen LogP contribution in [-0.2, 0) is 11.3 Å². The number of thiocarbonyl (C=S) groups is 1. The van der Waals surface area contributed by atoms with Gasteiger partial charge in [-0.25, -0.2) is 0 Å². The van der Waals surface area contributed by atoms with Crippen molar-refractivity contribution in [3.05, 3.63) is 119 Å². The number of carbonyl (C=O) groups is 1. The Morgan fingerprint density at radius 2 is 1.79 bits per heavy atom. The summed E-state index contributed by atoms with van der Waals surface area (Å²) in [5.74, 6) is -0.0343. The molecule has 0 unspecified atom stereocenters. The van der Waals surface area contributed by atoms with Gasteiger partial charge in [0.15, 0.2) is 5.11 Å². The number of benzene rings is 2. The van der Waals surface area contributed by atoms with E-state index in [1.165, 1.54) is 22.5 Å². The van der Waals surface area contributed by atoms with Crippen LogP contribution < -0.4 is 10.6 Å². The number of aryl methyl sites for hydroxylation is 2. The van der Waals surface area contributed by atoms with Gasteiger partial charge in [-0.3, -0.25) is 9.78 Å². The van der Waals surface area contributed by atoms with Crippen LogP contribution in [0.4, 0.5) is 5.69 Å². The fraction of sp³-hybridized carbons (Fsp3) is 0.258. The number of nitrogens with zero attached hydrogens (tertiary/aromatic N) is 3. The maximum Gasteiger partial charge on any atom is 0.226 e. The van der Waals surface area contributed by atoms with E-state index < -0.39 is 0 Å². The molecule has 194 valence electrons. The third-order valence-corrected chi connectivity index (χ3v) is 7.55. The summed E-state index contributed by atoms with van der Waals surface area (Å²) >= 11 is 5.83. The van der Waals surface area contributed by atoms with Crippen LogP contribution in [0.15, 0.2) is 85.1 Å². The van der Waals surface area contributed by atoms with Crippen LogP contribution in [-0.4, -0.2) is 32.0 Å². The number of pyridine rings is 1. The summed E-state index contributed by atoms with van der Waals surface area (Å²) in [4.78, 5) is 19.7. The topological polar surface area (TPSA) is 62.2 Å². The summed E-state index contributed by atoms with van der Waals surface area (Å²) in [7, 11) is 0. The predicted octanol–water partition coefficient (Wildman–Crippen LogP) is 5.86. The second kappa shape index (κ2) is 11.2. The van der Waals surface area contributed by atoms with Crippen molar-refractivity contribution < 1.29 is 4.79 Å². The maximum absolute atomic E-state index is 12.9. The molecule has 38 heavy (non-hydrogen) atoms. The van der Waals surface area contributed by atoms with Crippen LogP contribution in [0, 0.1) is 20.8 Å². The van der Waals surface area contributed by atoms with Gasteiger partial charge in [0.2, 0.25) is 5.91 Å². The van der Waals surface area contributed by atoms with Gasteiger partial charge in [-0.15, -0.1) is 0 Å². The predicted molar refractivity (Wildman–Crippen MR) is 156 cm³/mol. The zero-order valence-corrected chi connectivity index (χ0v) is 22.8. The number of anilines is 1. The minimum absolute atomic E-state index is 0.0343. The highest BCUT2D eigenvalue weighted by Gasteiger charge is 2.41. The summed E-state index contributed by atoms with van der Waals surface area (Å²) in [6.45, 7) is 7.64. The summed E-state index contributed by atoms with van der Waals surface area (Å²) < 4.78 is 2.35. The summed E-state index contributed by atoms with van der Waals surface area (Å²) in [6.07, 6.45) is 2.14. The van der Waals surface area contributed by atoms with Crippen molar-refractivity contribution >= 4 is 28.9 Å². The van der Waals surface area contributed by atoms with Gasteiger partial charge < -0.3 is 20.1 Å². The van der Waals surface area contributed by atoms with Crippen LogP contribution in [0.3, 0.4) is 0 Å². The molecule has 6 nitrogen and oxygen atoms in total. The molecule has 4 aromatic rings. The van der Waals surface area contributed by atoms with Crippen LogP contribution >= 0.6 is 12.2 Å². The Balaban J connectivity index is 1.43. The Morgan fingerprint density at radius 1 is 1.00 bits per heavy atom. The van der Waals surface area contributed by atoms with Crippen molar-refractivity contribution in [1.29, 1.82) is 0 Å². The van der Waals surface area contributed by atoms with Gasteiger partial charge in [0, 0.05) is 42.8 Å². The van der Waals surface area contributed by atoms with E-state index in [4.69, 9.17) is 12.2 Å². The molecule has 2 aromatic heterocycles.